The van der Waals surface area contributed by atoms with Gasteiger partial charge in [0.1, 0.15) is 18.1 Å². The molecule has 3 rings (SSSR count). The van der Waals surface area contributed by atoms with E-state index in [4.69, 9.17) is 9.84 Å². The second-order valence-electron chi connectivity index (χ2n) is 4.87. The van der Waals surface area contributed by atoms with Gasteiger partial charge in [0, 0.05) is 11.9 Å². The third-order valence-corrected chi connectivity index (χ3v) is 3.49. The van der Waals surface area contributed by atoms with E-state index in [0.29, 0.717) is 6.61 Å². The predicted octanol–water partition coefficient (Wildman–Crippen LogP) is 3.13. The molecule has 0 spiro atoms. The van der Waals surface area contributed by atoms with E-state index in [9.17, 15) is 0 Å². The zero-order valence-electron chi connectivity index (χ0n) is 12.0. The van der Waals surface area contributed by atoms with Crippen LogP contribution in [-0.2, 0) is 19.8 Å². The Morgan fingerprint density at radius 1 is 1.14 bits per heavy atom. The molecular weight excluding hydrogens is 264 g/mol. The van der Waals surface area contributed by atoms with Gasteiger partial charge in [-0.05, 0) is 30.7 Å². The normalized spacial score (nSPS) is 11.0. The number of aliphatic hydroxyl groups is 1. The van der Waals surface area contributed by atoms with E-state index >= 15 is 0 Å². The maximum Gasteiger partial charge on any atom is 0.133 e. The Kier molecular flexibility index (Phi) is 3.88. The summed E-state index contributed by atoms with van der Waals surface area (Å²) in [6.07, 6.45) is 0. The number of ether oxygens (including phenoxy) is 1. The third kappa shape index (κ3) is 2.76. The van der Waals surface area contributed by atoms with Crippen LogP contribution in [0.2, 0.25) is 0 Å². The first-order chi connectivity index (χ1) is 10.3. The van der Waals surface area contributed by atoms with E-state index < -0.39 is 0 Å². The number of benzene rings is 2. The number of aryl methyl sites for hydroxylation is 1. The second-order valence-corrected chi connectivity index (χ2v) is 4.87. The summed E-state index contributed by atoms with van der Waals surface area (Å²) < 4.78 is 7.80. The Morgan fingerprint density at radius 2 is 2.00 bits per heavy atom. The quantitative estimate of drug-likeness (QED) is 0.782. The number of para-hydroxylation sites is 1. The van der Waals surface area contributed by atoms with Gasteiger partial charge in [0.2, 0.25) is 0 Å². The molecule has 1 aromatic heterocycles. The van der Waals surface area contributed by atoms with Gasteiger partial charge in [-0.15, -0.1) is 0 Å². The third-order valence-electron chi connectivity index (χ3n) is 3.49. The van der Waals surface area contributed by atoms with Gasteiger partial charge in [-0.3, -0.25) is 4.68 Å². The van der Waals surface area contributed by atoms with Crippen molar-refractivity contribution in [3.8, 4) is 5.75 Å². The number of hydrogen-bond acceptors (Lipinski definition) is 3. The number of rotatable bonds is 5. The molecule has 0 aliphatic rings. The van der Waals surface area contributed by atoms with E-state index in [2.05, 4.69) is 24.2 Å². The molecular formula is C17H18N2O2. The molecule has 1 N–H and O–H groups in total. The predicted molar refractivity (Wildman–Crippen MR) is 82.1 cm³/mol. The summed E-state index contributed by atoms with van der Waals surface area (Å²) in [5.41, 5.74) is 2.90. The average Bonchev–Trinajstić information content (AvgIpc) is 2.91. The molecule has 4 nitrogen and oxygen atoms in total. The van der Waals surface area contributed by atoms with Crippen molar-refractivity contribution in [2.24, 2.45) is 0 Å². The van der Waals surface area contributed by atoms with Crippen LogP contribution in [0.15, 0.2) is 48.5 Å². The molecule has 1 heterocycles. The Hall–Kier alpha value is -2.33. The van der Waals surface area contributed by atoms with Crippen molar-refractivity contribution < 1.29 is 9.84 Å². The van der Waals surface area contributed by atoms with Crippen LogP contribution in [0.3, 0.4) is 0 Å². The Balaban J connectivity index is 1.85. The van der Waals surface area contributed by atoms with Gasteiger partial charge in [-0.2, -0.15) is 5.10 Å². The lowest BCUT2D eigenvalue weighted by Gasteiger charge is -2.05. The molecule has 0 fully saturated rings. The Morgan fingerprint density at radius 3 is 2.81 bits per heavy atom. The van der Waals surface area contributed by atoms with E-state index in [1.54, 1.807) is 0 Å². The maximum atomic E-state index is 9.15. The van der Waals surface area contributed by atoms with Gasteiger partial charge >= 0.3 is 0 Å². The minimum atomic E-state index is 0.0184. The largest absolute Gasteiger partial charge is 0.487 e. The van der Waals surface area contributed by atoms with Gasteiger partial charge in [0.05, 0.1) is 12.1 Å². The SMILES string of the molecule is CCn1nc(COc2cccc(CO)c2)c2ccccc21. The summed E-state index contributed by atoms with van der Waals surface area (Å²) in [6, 6.07) is 15.7. The highest BCUT2D eigenvalue weighted by atomic mass is 16.5. The van der Waals surface area contributed by atoms with Crippen molar-refractivity contribution in [1.29, 1.82) is 0 Å². The zero-order chi connectivity index (χ0) is 14.7. The van der Waals surface area contributed by atoms with Gasteiger partial charge in [-0.25, -0.2) is 0 Å². The van der Waals surface area contributed by atoms with Crippen molar-refractivity contribution in [3.63, 3.8) is 0 Å². The molecule has 0 bridgehead atoms. The fourth-order valence-electron chi connectivity index (χ4n) is 2.43. The summed E-state index contributed by atoms with van der Waals surface area (Å²) >= 11 is 0. The highest BCUT2D eigenvalue weighted by Crippen LogP contribution is 2.21. The van der Waals surface area contributed by atoms with Gasteiger partial charge in [-0.1, -0.05) is 30.3 Å². The molecule has 4 heteroatoms. The lowest BCUT2D eigenvalue weighted by molar-refractivity contribution is 0.277. The van der Waals surface area contributed by atoms with E-state index in [0.717, 1.165) is 34.5 Å². The molecule has 0 atom stereocenters. The van der Waals surface area contributed by atoms with Crippen LogP contribution in [0, 0.1) is 0 Å². The zero-order valence-corrected chi connectivity index (χ0v) is 12.0. The fourth-order valence-corrected chi connectivity index (χ4v) is 2.43. The smallest absolute Gasteiger partial charge is 0.133 e. The topological polar surface area (TPSA) is 47.3 Å². The van der Waals surface area contributed by atoms with Crippen LogP contribution in [0.4, 0.5) is 0 Å². The second kappa shape index (κ2) is 5.97. The number of nitrogens with zero attached hydrogens (tertiary/aromatic N) is 2. The summed E-state index contributed by atoms with van der Waals surface area (Å²) in [5, 5.41) is 14.9. The first-order valence-electron chi connectivity index (χ1n) is 7.09. The van der Waals surface area contributed by atoms with Crippen LogP contribution in [0.25, 0.3) is 10.9 Å². The van der Waals surface area contributed by atoms with Crippen molar-refractivity contribution in [1.82, 2.24) is 9.78 Å². The summed E-state index contributed by atoms with van der Waals surface area (Å²) in [5.74, 6) is 0.747. The van der Waals surface area contributed by atoms with E-state index in [-0.39, 0.29) is 6.61 Å². The molecule has 0 aliphatic heterocycles. The van der Waals surface area contributed by atoms with Gasteiger partial charge in [0.25, 0.3) is 0 Å². The highest BCUT2D eigenvalue weighted by molar-refractivity contribution is 5.81. The average molecular weight is 282 g/mol. The lowest BCUT2D eigenvalue weighted by Crippen LogP contribution is -2.00. The fraction of sp³-hybridized carbons (Fsp3) is 0.235. The monoisotopic (exact) mass is 282 g/mol. The van der Waals surface area contributed by atoms with Crippen molar-refractivity contribution >= 4 is 10.9 Å². The molecule has 0 saturated carbocycles. The number of aromatic nitrogens is 2. The Labute approximate surface area is 123 Å². The first kappa shape index (κ1) is 13.6. The van der Waals surface area contributed by atoms with Crippen molar-refractivity contribution in [3.05, 3.63) is 59.8 Å². The number of fused-ring (bicyclic) bond motifs is 1. The van der Waals surface area contributed by atoms with Crippen molar-refractivity contribution in [2.75, 3.05) is 0 Å². The molecule has 0 saturated heterocycles. The van der Waals surface area contributed by atoms with Crippen LogP contribution < -0.4 is 4.74 Å². The van der Waals surface area contributed by atoms with Crippen LogP contribution >= 0.6 is 0 Å². The van der Waals surface area contributed by atoms with Crippen LogP contribution in [0.5, 0.6) is 5.75 Å². The first-order valence-corrected chi connectivity index (χ1v) is 7.09. The summed E-state index contributed by atoms with van der Waals surface area (Å²) in [4.78, 5) is 0. The molecule has 3 aromatic rings. The Bertz CT molecular complexity index is 749. The minimum absolute atomic E-state index is 0.0184. The van der Waals surface area contributed by atoms with Gasteiger partial charge < -0.3 is 9.84 Å². The maximum absolute atomic E-state index is 9.15. The lowest BCUT2D eigenvalue weighted by atomic mass is 10.2. The van der Waals surface area contributed by atoms with Gasteiger partial charge in [0.15, 0.2) is 0 Å². The van der Waals surface area contributed by atoms with Crippen LogP contribution in [0.1, 0.15) is 18.2 Å². The highest BCUT2D eigenvalue weighted by Gasteiger charge is 2.09. The molecule has 21 heavy (non-hydrogen) atoms. The van der Waals surface area contributed by atoms with Crippen LogP contribution in [-0.4, -0.2) is 14.9 Å². The standard InChI is InChI=1S/C17H18N2O2/c1-2-19-17-9-4-3-8-15(17)16(18-19)12-21-14-7-5-6-13(10-14)11-20/h3-10,20H,2,11-12H2,1H3. The molecule has 2 aromatic carbocycles. The van der Waals surface area contributed by atoms with E-state index in [1.807, 2.05) is 41.1 Å². The summed E-state index contributed by atoms with van der Waals surface area (Å²) in [6.45, 7) is 3.35. The number of hydrogen-bond donors (Lipinski definition) is 1. The number of aliphatic hydroxyl groups excluding tert-OH is 1. The van der Waals surface area contributed by atoms with E-state index in [1.165, 1.54) is 0 Å². The summed E-state index contributed by atoms with van der Waals surface area (Å²) in [7, 11) is 0. The molecule has 0 unspecified atom stereocenters. The van der Waals surface area contributed by atoms with Crippen molar-refractivity contribution in [2.45, 2.75) is 26.7 Å². The minimum Gasteiger partial charge on any atom is -0.487 e. The molecule has 108 valence electrons. The molecule has 0 radical (unpaired) electrons. The molecule has 0 amide bonds. The molecule has 0 aliphatic carbocycles.